The number of piperidine rings is 1. The molecular formula is C17H26N4O. The Morgan fingerprint density at radius 2 is 1.77 bits per heavy atom. The summed E-state index contributed by atoms with van der Waals surface area (Å²) in [4.78, 5) is 23.6. The van der Waals surface area contributed by atoms with Crippen LogP contribution in [-0.2, 0) is 0 Å². The molecule has 2 aliphatic rings. The minimum absolute atomic E-state index is 0.0852. The normalized spacial score (nSPS) is 20.2. The third kappa shape index (κ3) is 3.40. The van der Waals surface area contributed by atoms with E-state index in [2.05, 4.69) is 21.7 Å². The smallest absolute Gasteiger partial charge is 0.272 e. The molecule has 5 heteroatoms. The lowest BCUT2D eigenvalue weighted by Gasteiger charge is -2.35. The van der Waals surface area contributed by atoms with Gasteiger partial charge in [0.25, 0.3) is 5.91 Å². The predicted molar refractivity (Wildman–Crippen MR) is 88.3 cm³/mol. The summed E-state index contributed by atoms with van der Waals surface area (Å²) in [7, 11) is 0. The second-order valence-corrected chi connectivity index (χ2v) is 6.18. The molecule has 2 aliphatic heterocycles. The molecule has 3 rings (SSSR count). The van der Waals surface area contributed by atoms with E-state index in [4.69, 9.17) is 0 Å². The minimum Gasteiger partial charge on any atom is -0.368 e. The highest BCUT2D eigenvalue weighted by Crippen LogP contribution is 2.17. The lowest BCUT2D eigenvalue weighted by molar-refractivity contribution is 0.0718. The van der Waals surface area contributed by atoms with Crippen LogP contribution in [0.1, 0.15) is 36.7 Å². The number of aromatic nitrogens is 1. The molecule has 0 atom stereocenters. The van der Waals surface area contributed by atoms with Gasteiger partial charge in [-0.25, -0.2) is 4.98 Å². The van der Waals surface area contributed by atoms with E-state index in [0.717, 1.165) is 64.3 Å². The molecule has 1 aromatic heterocycles. The Balaban J connectivity index is 1.61. The van der Waals surface area contributed by atoms with Crippen molar-refractivity contribution in [3.63, 3.8) is 0 Å². The van der Waals surface area contributed by atoms with E-state index in [1.807, 2.05) is 23.2 Å². The van der Waals surface area contributed by atoms with Gasteiger partial charge in [-0.3, -0.25) is 4.79 Å². The molecule has 0 bridgehead atoms. The Kier molecular flexibility index (Phi) is 4.93. The van der Waals surface area contributed by atoms with E-state index in [-0.39, 0.29) is 5.91 Å². The van der Waals surface area contributed by atoms with Crippen LogP contribution in [0.4, 0.5) is 5.69 Å². The van der Waals surface area contributed by atoms with Crippen LogP contribution in [0.25, 0.3) is 0 Å². The minimum atomic E-state index is 0.0852. The van der Waals surface area contributed by atoms with Gasteiger partial charge in [0, 0.05) is 39.3 Å². The molecule has 5 nitrogen and oxygen atoms in total. The lowest BCUT2D eigenvalue weighted by Crippen LogP contribution is -2.46. The van der Waals surface area contributed by atoms with Gasteiger partial charge in [-0.1, -0.05) is 6.92 Å². The van der Waals surface area contributed by atoms with E-state index in [1.54, 1.807) is 0 Å². The Morgan fingerprint density at radius 3 is 2.36 bits per heavy atom. The summed E-state index contributed by atoms with van der Waals surface area (Å²) in [5, 5.41) is 0. The Hall–Kier alpha value is -1.62. The summed E-state index contributed by atoms with van der Waals surface area (Å²) in [6.07, 6.45) is 5.33. The number of pyridine rings is 1. The number of rotatable bonds is 3. The Labute approximate surface area is 132 Å². The van der Waals surface area contributed by atoms with Crippen LogP contribution >= 0.6 is 0 Å². The van der Waals surface area contributed by atoms with E-state index in [9.17, 15) is 4.79 Å². The first kappa shape index (κ1) is 15.3. The SMILES string of the molecule is CCN1CCN(c2ccc(C(=O)N3CCCCC3)nc2)CC1. The molecule has 0 spiro atoms. The average molecular weight is 302 g/mol. The van der Waals surface area contributed by atoms with Crippen LogP contribution in [-0.4, -0.2) is 66.5 Å². The number of anilines is 1. The summed E-state index contributed by atoms with van der Waals surface area (Å²) in [6.45, 7) is 9.36. The first-order valence-electron chi connectivity index (χ1n) is 8.50. The maximum absolute atomic E-state index is 12.4. The average Bonchev–Trinajstić information content (AvgIpc) is 2.62. The summed E-state index contributed by atoms with van der Waals surface area (Å²) in [5.41, 5.74) is 1.71. The van der Waals surface area contributed by atoms with E-state index < -0.39 is 0 Å². The summed E-state index contributed by atoms with van der Waals surface area (Å²) >= 11 is 0. The van der Waals surface area contributed by atoms with Crippen LogP contribution < -0.4 is 4.90 Å². The van der Waals surface area contributed by atoms with Crippen molar-refractivity contribution in [3.8, 4) is 0 Å². The van der Waals surface area contributed by atoms with Gasteiger partial charge >= 0.3 is 0 Å². The molecule has 0 aromatic carbocycles. The van der Waals surface area contributed by atoms with Crippen molar-refractivity contribution in [3.05, 3.63) is 24.0 Å². The van der Waals surface area contributed by atoms with Crippen molar-refractivity contribution >= 4 is 11.6 Å². The summed E-state index contributed by atoms with van der Waals surface area (Å²) < 4.78 is 0. The first-order valence-corrected chi connectivity index (χ1v) is 8.50. The summed E-state index contributed by atoms with van der Waals surface area (Å²) in [5.74, 6) is 0.0852. The number of piperazine rings is 1. The third-order valence-corrected chi connectivity index (χ3v) is 4.79. The zero-order chi connectivity index (χ0) is 15.4. The van der Waals surface area contributed by atoms with Crippen LogP contribution in [0.3, 0.4) is 0 Å². The summed E-state index contributed by atoms with van der Waals surface area (Å²) in [6, 6.07) is 3.93. The Bertz CT molecular complexity index is 488. The maximum atomic E-state index is 12.4. The fourth-order valence-corrected chi connectivity index (χ4v) is 3.28. The second-order valence-electron chi connectivity index (χ2n) is 6.18. The molecule has 2 saturated heterocycles. The van der Waals surface area contributed by atoms with Gasteiger partial charge in [0.2, 0.25) is 0 Å². The van der Waals surface area contributed by atoms with E-state index in [1.165, 1.54) is 6.42 Å². The number of hydrogen-bond donors (Lipinski definition) is 0. The van der Waals surface area contributed by atoms with Crippen molar-refractivity contribution in [2.75, 3.05) is 50.7 Å². The molecule has 0 N–H and O–H groups in total. The lowest BCUT2D eigenvalue weighted by atomic mass is 10.1. The van der Waals surface area contributed by atoms with Crippen LogP contribution in [0.2, 0.25) is 0 Å². The van der Waals surface area contributed by atoms with Crippen molar-refractivity contribution in [1.82, 2.24) is 14.8 Å². The predicted octanol–water partition coefficient (Wildman–Crippen LogP) is 1.85. The van der Waals surface area contributed by atoms with Crippen molar-refractivity contribution in [2.45, 2.75) is 26.2 Å². The third-order valence-electron chi connectivity index (χ3n) is 4.79. The van der Waals surface area contributed by atoms with Gasteiger partial charge in [-0.2, -0.15) is 0 Å². The van der Waals surface area contributed by atoms with Gasteiger partial charge in [-0.15, -0.1) is 0 Å². The largest absolute Gasteiger partial charge is 0.368 e. The monoisotopic (exact) mass is 302 g/mol. The van der Waals surface area contributed by atoms with E-state index in [0.29, 0.717) is 5.69 Å². The highest BCUT2D eigenvalue weighted by atomic mass is 16.2. The van der Waals surface area contributed by atoms with Gasteiger partial charge in [0.05, 0.1) is 11.9 Å². The van der Waals surface area contributed by atoms with Crippen molar-refractivity contribution < 1.29 is 4.79 Å². The van der Waals surface area contributed by atoms with Gasteiger partial charge in [0.15, 0.2) is 0 Å². The Morgan fingerprint density at radius 1 is 1.05 bits per heavy atom. The number of carbonyl (C=O) groups is 1. The molecule has 0 aliphatic carbocycles. The van der Waals surface area contributed by atoms with Gasteiger partial charge in [-0.05, 0) is 37.9 Å². The number of likely N-dealkylation sites (tertiary alicyclic amines) is 1. The molecule has 1 aromatic rings. The number of likely N-dealkylation sites (N-methyl/N-ethyl adjacent to an activating group) is 1. The zero-order valence-electron chi connectivity index (χ0n) is 13.5. The number of hydrogen-bond acceptors (Lipinski definition) is 4. The highest BCUT2D eigenvalue weighted by molar-refractivity contribution is 5.92. The molecule has 2 fully saturated rings. The number of nitrogens with zero attached hydrogens (tertiary/aromatic N) is 4. The molecule has 0 unspecified atom stereocenters. The molecule has 3 heterocycles. The van der Waals surface area contributed by atoms with Crippen molar-refractivity contribution in [2.24, 2.45) is 0 Å². The van der Waals surface area contributed by atoms with Crippen LogP contribution in [0.15, 0.2) is 18.3 Å². The highest BCUT2D eigenvalue weighted by Gasteiger charge is 2.20. The quantitative estimate of drug-likeness (QED) is 0.854. The van der Waals surface area contributed by atoms with Crippen LogP contribution in [0.5, 0.6) is 0 Å². The fourth-order valence-electron chi connectivity index (χ4n) is 3.28. The number of carbonyl (C=O) groups excluding carboxylic acids is 1. The zero-order valence-corrected chi connectivity index (χ0v) is 13.5. The molecular weight excluding hydrogens is 276 g/mol. The van der Waals surface area contributed by atoms with Crippen molar-refractivity contribution in [1.29, 1.82) is 0 Å². The van der Waals surface area contributed by atoms with Gasteiger partial charge in [0.1, 0.15) is 5.69 Å². The fraction of sp³-hybridized carbons (Fsp3) is 0.647. The molecule has 0 radical (unpaired) electrons. The first-order chi connectivity index (χ1) is 10.8. The standard InChI is InChI=1S/C17H26N4O/c1-2-19-10-12-20(13-11-19)15-6-7-16(18-14-15)17(22)21-8-4-3-5-9-21/h6-7,14H,2-5,8-13H2,1H3. The molecule has 0 saturated carbocycles. The maximum Gasteiger partial charge on any atom is 0.272 e. The van der Waals surface area contributed by atoms with Crippen LogP contribution in [0, 0.1) is 0 Å². The molecule has 22 heavy (non-hydrogen) atoms. The molecule has 120 valence electrons. The van der Waals surface area contributed by atoms with Gasteiger partial charge < -0.3 is 14.7 Å². The molecule has 1 amide bonds. The number of amides is 1. The van der Waals surface area contributed by atoms with E-state index >= 15 is 0 Å². The topological polar surface area (TPSA) is 39.7 Å². The second kappa shape index (κ2) is 7.09.